The van der Waals surface area contributed by atoms with Gasteiger partial charge in [-0.2, -0.15) is 0 Å². The van der Waals surface area contributed by atoms with E-state index in [-0.39, 0.29) is 12.8 Å². The Labute approximate surface area is 159 Å². The van der Waals surface area contributed by atoms with Gasteiger partial charge in [-0.15, -0.1) is 0 Å². The maximum atomic E-state index is 5.96. The van der Waals surface area contributed by atoms with Crippen molar-refractivity contribution in [3.8, 4) is 17.2 Å². The SMILES string of the molecule is Cc1cccc(C)c1OCC(C)NC(=S)NCc1ccc2c(c1)OCO2. The third kappa shape index (κ3) is 4.58. The minimum atomic E-state index is 0.0887. The first kappa shape index (κ1) is 18.3. The minimum absolute atomic E-state index is 0.0887. The van der Waals surface area contributed by atoms with Gasteiger partial charge in [0.05, 0.1) is 6.04 Å². The van der Waals surface area contributed by atoms with Crippen LogP contribution in [0.1, 0.15) is 23.6 Å². The molecule has 2 aromatic rings. The monoisotopic (exact) mass is 372 g/mol. The van der Waals surface area contributed by atoms with Crippen LogP contribution in [-0.4, -0.2) is 24.6 Å². The molecule has 2 N–H and O–H groups in total. The van der Waals surface area contributed by atoms with Gasteiger partial charge in [-0.25, -0.2) is 0 Å². The molecule has 0 aromatic heterocycles. The second-order valence-corrected chi connectivity index (χ2v) is 6.86. The van der Waals surface area contributed by atoms with E-state index in [9.17, 15) is 0 Å². The van der Waals surface area contributed by atoms with Crippen LogP contribution in [0.15, 0.2) is 36.4 Å². The summed E-state index contributed by atoms with van der Waals surface area (Å²) in [6.45, 7) is 7.59. The van der Waals surface area contributed by atoms with Crippen LogP contribution >= 0.6 is 12.2 Å². The smallest absolute Gasteiger partial charge is 0.231 e. The van der Waals surface area contributed by atoms with Crippen molar-refractivity contribution in [1.29, 1.82) is 0 Å². The summed E-state index contributed by atoms with van der Waals surface area (Å²) >= 11 is 5.38. The molecule has 0 saturated carbocycles. The first-order valence-corrected chi connectivity index (χ1v) is 9.05. The Morgan fingerprint density at radius 2 is 1.88 bits per heavy atom. The van der Waals surface area contributed by atoms with Crippen molar-refractivity contribution < 1.29 is 14.2 Å². The molecule has 0 amide bonds. The van der Waals surface area contributed by atoms with Crippen molar-refractivity contribution in [1.82, 2.24) is 10.6 Å². The van der Waals surface area contributed by atoms with E-state index in [1.165, 1.54) is 0 Å². The fraction of sp³-hybridized carbons (Fsp3) is 0.350. The quantitative estimate of drug-likeness (QED) is 0.758. The lowest BCUT2D eigenvalue weighted by Crippen LogP contribution is -2.42. The van der Waals surface area contributed by atoms with E-state index in [1.807, 2.05) is 31.2 Å². The van der Waals surface area contributed by atoms with Gasteiger partial charge in [0, 0.05) is 6.54 Å². The third-order valence-corrected chi connectivity index (χ3v) is 4.42. The average Bonchev–Trinajstić information content (AvgIpc) is 3.07. The molecule has 0 bridgehead atoms. The molecular formula is C20H24N2O3S. The number of ether oxygens (including phenoxy) is 3. The van der Waals surface area contributed by atoms with Gasteiger partial charge in [0.1, 0.15) is 12.4 Å². The lowest BCUT2D eigenvalue weighted by Gasteiger charge is -2.19. The van der Waals surface area contributed by atoms with E-state index in [0.29, 0.717) is 18.3 Å². The van der Waals surface area contributed by atoms with Crippen molar-refractivity contribution in [2.75, 3.05) is 13.4 Å². The zero-order valence-electron chi connectivity index (χ0n) is 15.3. The Kier molecular flexibility index (Phi) is 5.83. The highest BCUT2D eigenvalue weighted by atomic mass is 32.1. The van der Waals surface area contributed by atoms with Crippen LogP contribution < -0.4 is 24.8 Å². The van der Waals surface area contributed by atoms with Gasteiger partial charge >= 0.3 is 0 Å². The summed E-state index contributed by atoms with van der Waals surface area (Å²) in [6.07, 6.45) is 0. The molecule has 0 aliphatic carbocycles. The molecule has 1 aliphatic rings. The maximum absolute atomic E-state index is 5.96. The molecule has 1 unspecified atom stereocenters. The summed E-state index contributed by atoms with van der Waals surface area (Å²) < 4.78 is 16.7. The number of para-hydroxylation sites is 1. The largest absolute Gasteiger partial charge is 0.491 e. The minimum Gasteiger partial charge on any atom is -0.491 e. The highest BCUT2D eigenvalue weighted by Gasteiger charge is 2.13. The van der Waals surface area contributed by atoms with E-state index < -0.39 is 0 Å². The zero-order chi connectivity index (χ0) is 18.5. The van der Waals surface area contributed by atoms with Crippen LogP contribution in [0.4, 0.5) is 0 Å². The summed E-state index contributed by atoms with van der Waals surface area (Å²) in [4.78, 5) is 0. The number of thiocarbonyl (C=S) groups is 1. The Bertz CT molecular complexity index is 774. The topological polar surface area (TPSA) is 51.8 Å². The Morgan fingerprint density at radius 3 is 2.65 bits per heavy atom. The van der Waals surface area contributed by atoms with Crippen molar-refractivity contribution in [2.24, 2.45) is 0 Å². The molecule has 26 heavy (non-hydrogen) atoms. The molecule has 0 saturated heterocycles. The highest BCUT2D eigenvalue weighted by Crippen LogP contribution is 2.32. The summed E-state index contributed by atoms with van der Waals surface area (Å²) in [5.74, 6) is 2.51. The number of rotatable bonds is 6. The number of aryl methyl sites for hydroxylation is 2. The van der Waals surface area contributed by atoms with Crippen LogP contribution in [0.3, 0.4) is 0 Å². The zero-order valence-corrected chi connectivity index (χ0v) is 16.1. The predicted molar refractivity (Wildman–Crippen MR) is 106 cm³/mol. The second kappa shape index (κ2) is 8.27. The standard InChI is InChI=1S/C20H24N2O3S/c1-13-5-4-6-14(2)19(13)23-11-15(3)22-20(26)21-10-16-7-8-17-18(9-16)25-12-24-17/h4-9,15H,10-12H2,1-3H3,(H2,21,22,26). The summed E-state index contributed by atoms with van der Waals surface area (Å²) in [6, 6.07) is 12.1. The van der Waals surface area contributed by atoms with Crippen LogP contribution in [-0.2, 0) is 6.54 Å². The van der Waals surface area contributed by atoms with Crippen LogP contribution in [0.25, 0.3) is 0 Å². The number of fused-ring (bicyclic) bond motifs is 1. The van der Waals surface area contributed by atoms with Crippen molar-refractivity contribution in [3.63, 3.8) is 0 Å². The molecule has 6 heteroatoms. The first-order valence-electron chi connectivity index (χ1n) is 8.65. The summed E-state index contributed by atoms with van der Waals surface area (Å²) in [5.41, 5.74) is 3.36. The molecule has 0 radical (unpaired) electrons. The van der Waals surface area contributed by atoms with Gasteiger partial charge in [-0.3, -0.25) is 0 Å². The molecule has 138 valence electrons. The maximum Gasteiger partial charge on any atom is 0.231 e. The van der Waals surface area contributed by atoms with Crippen LogP contribution in [0.2, 0.25) is 0 Å². The molecule has 2 aromatic carbocycles. The third-order valence-electron chi connectivity index (χ3n) is 4.15. The Hall–Kier alpha value is -2.47. The molecular weight excluding hydrogens is 348 g/mol. The predicted octanol–water partition coefficient (Wildman–Crippen LogP) is 3.46. The number of hydrogen-bond donors (Lipinski definition) is 2. The van der Waals surface area contributed by atoms with Gasteiger partial charge in [0.25, 0.3) is 0 Å². The lowest BCUT2D eigenvalue weighted by molar-refractivity contribution is 0.174. The first-order chi connectivity index (χ1) is 12.5. The second-order valence-electron chi connectivity index (χ2n) is 6.45. The van der Waals surface area contributed by atoms with Crippen LogP contribution in [0, 0.1) is 13.8 Å². The normalized spacial score (nSPS) is 13.2. The van der Waals surface area contributed by atoms with E-state index in [0.717, 1.165) is 33.9 Å². The average molecular weight is 372 g/mol. The Morgan fingerprint density at radius 1 is 1.15 bits per heavy atom. The van der Waals surface area contributed by atoms with Crippen molar-refractivity contribution >= 4 is 17.3 Å². The fourth-order valence-corrected chi connectivity index (χ4v) is 3.06. The van der Waals surface area contributed by atoms with Crippen molar-refractivity contribution in [3.05, 3.63) is 53.1 Å². The molecule has 5 nitrogen and oxygen atoms in total. The molecule has 1 aliphatic heterocycles. The number of nitrogens with one attached hydrogen (secondary N) is 2. The fourth-order valence-electron chi connectivity index (χ4n) is 2.78. The lowest BCUT2D eigenvalue weighted by atomic mass is 10.1. The highest BCUT2D eigenvalue weighted by molar-refractivity contribution is 7.80. The Balaban J connectivity index is 1.44. The van der Waals surface area contributed by atoms with Crippen molar-refractivity contribution in [2.45, 2.75) is 33.4 Å². The van der Waals surface area contributed by atoms with E-state index in [4.69, 9.17) is 26.4 Å². The van der Waals surface area contributed by atoms with Gasteiger partial charge in [-0.1, -0.05) is 24.3 Å². The number of hydrogen-bond acceptors (Lipinski definition) is 4. The summed E-state index contributed by atoms with van der Waals surface area (Å²) in [5, 5.41) is 7.06. The molecule has 0 spiro atoms. The number of benzene rings is 2. The summed E-state index contributed by atoms with van der Waals surface area (Å²) in [7, 11) is 0. The van der Waals surface area contributed by atoms with E-state index in [2.05, 4.69) is 36.6 Å². The molecule has 0 fully saturated rings. The van der Waals surface area contributed by atoms with E-state index >= 15 is 0 Å². The van der Waals surface area contributed by atoms with Gasteiger partial charge in [0.2, 0.25) is 6.79 Å². The molecule has 3 rings (SSSR count). The van der Waals surface area contributed by atoms with Crippen LogP contribution in [0.5, 0.6) is 17.2 Å². The van der Waals surface area contributed by atoms with Gasteiger partial charge in [0.15, 0.2) is 16.6 Å². The van der Waals surface area contributed by atoms with Gasteiger partial charge < -0.3 is 24.8 Å². The van der Waals surface area contributed by atoms with Gasteiger partial charge in [-0.05, 0) is 61.8 Å². The molecule has 1 heterocycles. The van der Waals surface area contributed by atoms with E-state index in [1.54, 1.807) is 0 Å². The molecule has 1 atom stereocenters.